The van der Waals surface area contributed by atoms with E-state index in [1.54, 1.807) is 7.11 Å². The summed E-state index contributed by atoms with van der Waals surface area (Å²) in [7, 11) is 1.68. The van der Waals surface area contributed by atoms with Gasteiger partial charge in [-0.25, -0.2) is 4.98 Å². The summed E-state index contributed by atoms with van der Waals surface area (Å²) in [5, 5.41) is 0. The number of rotatable bonds is 5. The van der Waals surface area contributed by atoms with Gasteiger partial charge in [0.15, 0.2) is 0 Å². The van der Waals surface area contributed by atoms with Gasteiger partial charge in [0.1, 0.15) is 5.75 Å². The Hall–Kier alpha value is -3.46. The Morgan fingerprint density at radius 3 is 2.07 bits per heavy atom. The fraction of sp³-hybridized carbons (Fsp3) is 0.0833. The lowest BCUT2D eigenvalue weighted by Gasteiger charge is -2.11. The van der Waals surface area contributed by atoms with Crippen LogP contribution in [-0.2, 0) is 6.42 Å². The van der Waals surface area contributed by atoms with Crippen LogP contribution in [0.15, 0.2) is 91.1 Å². The Morgan fingerprint density at radius 1 is 0.741 bits per heavy atom. The van der Waals surface area contributed by atoms with E-state index in [1.807, 2.05) is 60.8 Å². The van der Waals surface area contributed by atoms with Gasteiger partial charge >= 0.3 is 0 Å². The second kappa shape index (κ2) is 7.83. The second-order valence-corrected chi connectivity index (χ2v) is 6.32. The monoisotopic (exact) mass is 352 g/mol. The van der Waals surface area contributed by atoms with Crippen LogP contribution in [0.1, 0.15) is 11.3 Å². The quantitative estimate of drug-likeness (QED) is 0.482. The molecule has 0 saturated heterocycles. The normalized spacial score (nSPS) is 10.6. The van der Waals surface area contributed by atoms with E-state index in [-0.39, 0.29) is 0 Å². The van der Waals surface area contributed by atoms with E-state index in [1.165, 1.54) is 0 Å². The van der Waals surface area contributed by atoms with Crippen molar-refractivity contribution in [3.05, 3.63) is 102 Å². The van der Waals surface area contributed by atoms with Crippen LogP contribution in [0.5, 0.6) is 5.75 Å². The minimum atomic E-state index is 0.707. The third kappa shape index (κ3) is 3.87. The van der Waals surface area contributed by atoms with Gasteiger partial charge < -0.3 is 4.74 Å². The first-order chi connectivity index (χ1) is 13.3. The molecule has 0 radical (unpaired) electrons. The van der Waals surface area contributed by atoms with Gasteiger partial charge in [-0.05, 0) is 17.7 Å². The number of ether oxygens (including phenoxy) is 1. The predicted molar refractivity (Wildman–Crippen MR) is 109 cm³/mol. The fourth-order valence-corrected chi connectivity index (χ4v) is 3.11. The average molecular weight is 352 g/mol. The van der Waals surface area contributed by atoms with Crippen LogP contribution in [0.2, 0.25) is 0 Å². The summed E-state index contributed by atoms with van der Waals surface area (Å²) < 4.78 is 5.33. The minimum Gasteiger partial charge on any atom is -0.497 e. The summed E-state index contributed by atoms with van der Waals surface area (Å²) >= 11 is 0. The zero-order valence-corrected chi connectivity index (χ0v) is 15.2. The first-order valence-corrected chi connectivity index (χ1v) is 8.93. The van der Waals surface area contributed by atoms with Gasteiger partial charge in [-0.15, -0.1) is 0 Å². The number of hydrogen-bond donors (Lipinski definition) is 0. The summed E-state index contributed by atoms with van der Waals surface area (Å²) in [6.45, 7) is 0. The van der Waals surface area contributed by atoms with E-state index < -0.39 is 0 Å². The van der Waals surface area contributed by atoms with Gasteiger partial charge in [0.25, 0.3) is 0 Å². The molecule has 3 heteroatoms. The van der Waals surface area contributed by atoms with E-state index in [2.05, 4.69) is 30.3 Å². The van der Waals surface area contributed by atoms with Crippen LogP contribution >= 0.6 is 0 Å². The van der Waals surface area contributed by atoms with Crippen LogP contribution < -0.4 is 4.74 Å². The Morgan fingerprint density at radius 2 is 1.41 bits per heavy atom. The number of hydrogen-bond acceptors (Lipinski definition) is 3. The SMILES string of the molecule is COc1cccc(Cc2cnc(-c3ccccc3)c(-c3ccccc3)n2)c1. The molecule has 1 aromatic heterocycles. The Balaban J connectivity index is 1.77. The van der Waals surface area contributed by atoms with Gasteiger partial charge in [0, 0.05) is 23.7 Å². The largest absolute Gasteiger partial charge is 0.497 e. The van der Waals surface area contributed by atoms with Crippen LogP contribution in [-0.4, -0.2) is 17.1 Å². The van der Waals surface area contributed by atoms with Crippen molar-refractivity contribution in [1.29, 1.82) is 0 Å². The molecule has 4 rings (SSSR count). The molecule has 0 saturated carbocycles. The van der Waals surface area contributed by atoms with E-state index in [0.29, 0.717) is 6.42 Å². The lowest BCUT2D eigenvalue weighted by atomic mass is 10.0. The first-order valence-electron chi connectivity index (χ1n) is 8.93. The molecule has 132 valence electrons. The van der Waals surface area contributed by atoms with E-state index in [9.17, 15) is 0 Å². The molecular formula is C24H20N2O. The molecule has 4 aromatic rings. The number of aromatic nitrogens is 2. The number of benzene rings is 3. The van der Waals surface area contributed by atoms with Crippen molar-refractivity contribution in [2.45, 2.75) is 6.42 Å². The summed E-state index contributed by atoms with van der Waals surface area (Å²) in [4.78, 5) is 9.74. The lowest BCUT2D eigenvalue weighted by Crippen LogP contribution is -2.00. The zero-order chi connectivity index (χ0) is 18.5. The predicted octanol–water partition coefficient (Wildman–Crippen LogP) is 5.41. The minimum absolute atomic E-state index is 0.707. The van der Waals surface area contributed by atoms with Crippen molar-refractivity contribution in [3.63, 3.8) is 0 Å². The first kappa shape index (κ1) is 17.0. The maximum absolute atomic E-state index is 5.33. The molecule has 0 aliphatic carbocycles. The fourth-order valence-electron chi connectivity index (χ4n) is 3.11. The molecule has 0 fully saturated rings. The molecule has 0 amide bonds. The number of methoxy groups -OCH3 is 1. The van der Waals surface area contributed by atoms with E-state index in [4.69, 9.17) is 14.7 Å². The molecule has 3 nitrogen and oxygen atoms in total. The lowest BCUT2D eigenvalue weighted by molar-refractivity contribution is 0.414. The standard InChI is InChI=1S/C24H20N2O/c1-27-22-14-8-9-18(16-22)15-21-17-25-23(19-10-4-2-5-11-19)24(26-21)20-12-6-3-7-13-20/h2-14,16-17H,15H2,1H3. The maximum atomic E-state index is 5.33. The number of nitrogens with zero attached hydrogens (tertiary/aromatic N) is 2. The molecule has 0 unspecified atom stereocenters. The van der Waals surface area contributed by atoms with Crippen molar-refractivity contribution >= 4 is 0 Å². The van der Waals surface area contributed by atoms with Crippen LogP contribution in [0.4, 0.5) is 0 Å². The highest BCUT2D eigenvalue weighted by atomic mass is 16.5. The highest BCUT2D eigenvalue weighted by Gasteiger charge is 2.12. The molecule has 0 aliphatic heterocycles. The Labute approximate surface area is 159 Å². The highest BCUT2D eigenvalue weighted by Crippen LogP contribution is 2.29. The zero-order valence-electron chi connectivity index (χ0n) is 15.2. The van der Waals surface area contributed by atoms with Crippen molar-refractivity contribution < 1.29 is 4.74 Å². The van der Waals surface area contributed by atoms with E-state index in [0.717, 1.165) is 39.5 Å². The summed E-state index contributed by atoms with van der Waals surface area (Å²) in [6, 6.07) is 28.5. The van der Waals surface area contributed by atoms with Crippen LogP contribution in [0.3, 0.4) is 0 Å². The van der Waals surface area contributed by atoms with Crippen molar-refractivity contribution in [2.24, 2.45) is 0 Å². The average Bonchev–Trinajstić information content (AvgIpc) is 2.75. The van der Waals surface area contributed by atoms with E-state index >= 15 is 0 Å². The van der Waals surface area contributed by atoms with Crippen LogP contribution in [0.25, 0.3) is 22.5 Å². The highest BCUT2D eigenvalue weighted by molar-refractivity contribution is 5.77. The van der Waals surface area contributed by atoms with Gasteiger partial charge in [-0.1, -0.05) is 72.8 Å². The summed E-state index contributed by atoms with van der Waals surface area (Å²) in [6.07, 6.45) is 2.58. The smallest absolute Gasteiger partial charge is 0.119 e. The molecule has 0 bridgehead atoms. The van der Waals surface area contributed by atoms with Gasteiger partial charge in [0.05, 0.1) is 24.2 Å². The topological polar surface area (TPSA) is 35.0 Å². The van der Waals surface area contributed by atoms with Crippen molar-refractivity contribution in [3.8, 4) is 28.3 Å². The molecule has 0 atom stereocenters. The Kier molecular flexibility index (Phi) is 4.93. The molecule has 1 heterocycles. The van der Waals surface area contributed by atoms with Crippen molar-refractivity contribution in [1.82, 2.24) is 9.97 Å². The van der Waals surface area contributed by atoms with Crippen molar-refractivity contribution in [2.75, 3.05) is 7.11 Å². The molecule has 0 aliphatic rings. The van der Waals surface area contributed by atoms with Gasteiger partial charge in [-0.3, -0.25) is 4.98 Å². The molecular weight excluding hydrogens is 332 g/mol. The molecule has 3 aromatic carbocycles. The summed E-state index contributed by atoms with van der Waals surface area (Å²) in [5.74, 6) is 0.852. The van der Waals surface area contributed by atoms with Crippen LogP contribution in [0, 0.1) is 0 Å². The molecule has 27 heavy (non-hydrogen) atoms. The molecule has 0 spiro atoms. The maximum Gasteiger partial charge on any atom is 0.119 e. The summed E-state index contributed by atoms with van der Waals surface area (Å²) in [5.41, 5.74) is 6.02. The molecule has 0 N–H and O–H groups in total. The van der Waals surface area contributed by atoms with Gasteiger partial charge in [-0.2, -0.15) is 0 Å². The van der Waals surface area contributed by atoms with Gasteiger partial charge in [0.2, 0.25) is 0 Å². The third-order valence-corrected chi connectivity index (χ3v) is 4.44. The Bertz CT molecular complexity index is 1030. The third-order valence-electron chi connectivity index (χ3n) is 4.44. The second-order valence-electron chi connectivity index (χ2n) is 6.32.